The van der Waals surface area contributed by atoms with E-state index < -0.39 is 0 Å². The van der Waals surface area contributed by atoms with E-state index in [-0.39, 0.29) is 11.5 Å². The minimum absolute atomic E-state index is 0.0345. The van der Waals surface area contributed by atoms with Gasteiger partial charge in [0.1, 0.15) is 0 Å². The summed E-state index contributed by atoms with van der Waals surface area (Å²) in [7, 11) is 0. The zero-order chi connectivity index (χ0) is 13.3. The van der Waals surface area contributed by atoms with Crippen molar-refractivity contribution in [2.24, 2.45) is 11.1 Å². The van der Waals surface area contributed by atoms with Gasteiger partial charge in [-0.1, -0.05) is 29.8 Å². The van der Waals surface area contributed by atoms with Gasteiger partial charge in [-0.3, -0.25) is 0 Å². The highest BCUT2D eigenvalue weighted by Gasteiger charge is 2.25. The Morgan fingerprint density at radius 3 is 2.39 bits per heavy atom. The first-order valence-electron chi connectivity index (χ1n) is 6.21. The molecule has 1 aliphatic rings. The van der Waals surface area contributed by atoms with E-state index in [1.54, 1.807) is 0 Å². The second-order valence-corrected chi connectivity index (χ2v) is 6.67. The van der Waals surface area contributed by atoms with E-state index in [4.69, 9.17) is 15.2 Å². The fourth-order valence-corrected chi connectivity index (χ4v) is 2.38. The number of hydrogen-bond donors (Lipinski definition) is 1. The first kappa shape index (κ1) is 13.7. The molecule has 0 saturated carbocycles. The van der Waals surface area contributed by atoms with Gasteiger partial charge >= 0.3 is 0 Å². The standard InChI is InChI=1S/C14H20BrNO2/c1-9(16)4-10-5-12-13(6-11(10)15)18-8-14(2,3)7-17-12/h5-6,9H,4,7-8,16H2,1-3H3. The van der Waals surface area contributed by atoms with Crippen molar-refractivity contribution in [2.75, 3.05) is 13.2 Å². The third-order valence-corrected chi connectivity index (χ3v) is 3.63. The molecule has 0 radical (unpaired) electrons. The molecule has 100 valence electrons. The molecule has 1 aliphatic heterocycles. The molecule has 0 amide bonds. The molecule has 1 heterocycles. The molecule has 0 aromatic heterocycles. The van der Waals surface area contributed by atoms with E-state index in [9.17, 15) is 0 Å². The van der Waals surface area contributed by atoms with Gasteiger partial charge in [0, 0.05) is 15.9 Å². The molecule has 0 saturated heterocycles. The summed E-state index contributed by atoms with van der Waals surface area (Å²) in [4.78, 5) is 0. The average molecular weight is 314 g/mol. The van der Waals surface area contributed by atoms with Crippen molar-refractivity contribution >= 4 is 15.9 Å². The van der Waals surface area contributed by atoms with Gasteiger partial charge in [-0.15, -0.1) is 0 Å². The fraction of sp³-hybridized carbons (Fsp3) is 0.571. The van der Waals surface area contributed by atoms with Gasteiger partial charge in [-0.2, -0.15) is 0 Å². The summed E-state index contributed by atoms with van der Waals surface area (Å²) >= 11 is 3.57. The first-order chi connectivity index (χ1) is 8.37. The molecule has 1 aromatic carbocycles. The highest BCUT2D eigenvalue weighted by atomic mass is 79.9. The highest BCUT2D eigenvalue weighted by Crippen LogP contribution is 2.38. The maximum atomic E-state index is 5.85. The quantitative estimate of drug-likeness (QED) is 0.912. The first-order valence-corrected chi connectivity index (χ1v) is 7.00. The van der Waals surface area contributed by atoms with E-state index in [0.717, 1.165) is 28.0 Å². The Morgan fingerprint density at radius 1 is 1.28 bits per heavy atom. The van der Waals surface area contributed by atoms with E-state index in [1.807, 2.05) is 19.1 Å². The predicted octanol–water partition coefficient (Wildman–Crippen LogP) is 3.14. The molecule has 1 aromatic rings. The lowest BCUT2D eigenvalue weighted by atomic mass is 9.97. The molecule has 0 aliphatic carbocycles. The van der Waals surface area contributed by atoms with Crippen LogP contribution in [0.4, 0.5) is 0 Å². The molecule has 2 N–H and O–H groups in total. The Kier molecular flexibility index (Phi) is 3.87. The maximum absolute atomic E-state index is 5.85. The van der Waals surface area contributed by atoms with Crippen molar-refractivity contribution in [3.8, 4) is 11.5 Å². The third-order valence-electron chi connectivity index (χ3n) is 2.89. The second kappa shape index (κ2) is 5.10. The average Bonchev–Trinajstić information content (AvgIpc) is 2.39. The second-order valence-electron chi connectivity index (χ2n) is 5.81. The molecule has 0 spiro atoms. The molecule has 0 bridgehead atoms. The Bertz CT molecular complexity index is 444. The number of halogens is 1. The Morgan fingerprint density at radius 2 is 1.83 bits per heavy atom. The van der Waals surface area contributed by atoms with E-state index in [2.05, 4.69) is 29.8 Å². The molecular formula is C14H20BrNO2. The largest absolute Gasteiger partial charge is 0.489 e. The van der Waals surface area contributed by atoms with Crippen molar-refractivity contribution in [1.82, 2.24) is 0 Å². The van der Waals surface area contributed by atoms with Gasteiger partial charge in [0.2, 0.25) is 0 Å². The molecule has 3 nitrogen and oxygen atoms in total. The lowest BCUT2D eigenvalue weighted by molar-refractivity contribution is 0.140. The highest BCUT2D eigenvalue weighted by molar-refractivity contribution is 9.10. The van der Waals surface area contributed by atoms with Crippen LogP contribution in [0.25, 0.3) is 0 Å². The minimum atomic E-state index is 0.0345. The summed E-state index contributed by atoms with van der Waals surface area (Å²) in [5, 5.41) is 0. The Hall–Kier alpha value is -0.740. The van der Waals surface area contributed by atoms with Crippen LogP contribution in [0.15, 0.2) is 16.6 Å². The number of nitrogens with two attached hydrogens (primary N) is 1. The van der Waals surface area contributed by atoms with Crippen LogP contribution in [-0.4, -0.2) is 19.3 Å². The Labute approximate surface area is 117 Å². The summed E-state index contributed by atoms with van der Waals surface area (Å²) in [6, 6.07) is 4.14. The van der Waals surface area contributed by atoms with Crippen LogP contribution in [0.3, 0.4) is 0 Å². The summed E-state index contributed by atoms with van der Waals surface area (Å²) in [5.74, 6) is 1.63. The summed E-state index contributed by atoms with van der Waals surface area (Å²) in [5.41, 5.74) is 7.04. The van der Waals surface area contributed by atoms with Crippen LogP contribution >= 0.6 is 15.9 Å². The summed E-state index contributed by atoms with van der Waals surface area (Å²) < 4.78 is 12.7. The van der Waals surface area contributed by atoms with Gasteiger partial charge in [-0.05, 0) is 31.0 Å². The van der Waals surface area contributed by atoms with Crippen LogP contribution in [0.2, 0.25) is 0 Å². The maximum Gasteiger partial charge on any atom is 0.162 e. The molecule has 18 heavy (non-hydrogen) atoms. The molecule has 1 atom stereocenters. The lowest BCUT2D eigenvalue weighted by Crippen LogP contribution is -2.26. The SMILES string of the molecule is CC(N)Cc1cc2c(cc1Br)OCC(C)(C)CO2. The third kappa shape index (κ3) is 3.18. The number of hydrogen-bond acceptors (Lipinski definition) is 3. The number of benzene rings is 1. The van der Waals surface area contributed by atoms with Crippen LogP contribution in [0.5, 0.6) is 11.5 Å². The van der Waals surface area contributed by atoms with E-state index in [0.29, 0.717) is 13.2 Å². The van der Waals surface area contributed by atoms with Crippen LogP contribution in [-0.2, 0) is 6.42 Å². The van der Waals surface area contributed by atoms with Crippen LogP contribution in [0.1, 0.15) is 26.3 Å². The van der Waals surface area contributed by atoms with Gasteiger partial charge in [0.25, 0.3) is 0 Å². The van der Waals surface area contributed by atoms with Crippen LogP contribution in [0, 0.1) is 5.41 Å². The molecule has 4 heteroatoms. The van der Waals surface area contributed by atoms with Gasteiger partial charge in [0.15, 0.2) is 11.5 Å². The number of fused-ring (bicyclic) bond motifs is 1. The van der Waals surface area contributed by atoms with E-state index in [1.165, 1.54) is 0 Å². The molecule has 0 fully saturated rings. The van der Waals surface area contributed by atoms with Crippen molar-refractivity contribution in [3.63, 3.8) is 0 Å². The fourth-order valence-electron chi connectivity index (χ4n) is 1.89. The van der Waals surface area contributed by atoms with Crippen molar-refractivity contribution in [3.05, 3.63) is 22.2 Å². The van der Waals surface area contributed by atoms with Gasteiger partial charge < -0.3 is 15.2 Å². The van der Waals surface area contributed by atoms with Crippen molar-refractivity contribution in [1.29, 1.82) is 0 Å². The number of rotatable bonds is 2. The van der Waals surface area contributed by atoms with Crippen LogP contribution < -0.4 is 15.2 Å². The topological polar surface area (TPSA) is 44.5 Å². The minimum Gasteiger partial charge on any atom is -0.489 e. The zero-order valence-corrected chi connectivity index (χ0v) is 12.7. The zero-order valence-electron chi connectivity index (χ0n) is 11.1. The van der Waals surface area contributed by atoms with Gasteiger partial charge in [-0.25, -0.2) is 0 Å². The molecule has 1 unspecified atom stereocenters. The van der Waals surface area contributed by atoms with Gasteiger partial charge in [0.05, 0.1) is 13.2 Å². The molecule has 2 rings (SSSR count). The summed E-state index contributed by atoms with van der Waals surface area (Å²) in [6.45, 7) is 7.60. The summed E-state index contributed by atoms with van der Waals surface area (Å²) in [6.07, 6.45) is 0.820. The monoisotopic (exact) mass is 313 g/mol. The van der Waals surface area contributed by atoms with Crippen molar-refractivity contribution < 1.29 is 9.47 Å². The predicted molar refractivity (Wildman–Crippen MR) is 76.3 cm³/mol. The van der Waals surface area contributed by atoms with Crippen molar-refractivity contribution in [2.45, 2.75) is 33.2 Å². The molecular weight excluding hydrogens is 294 g/mol. The van der Waals surface area contributed by atoms with E-state index >= 15 is 0 Å². The normalized spacial score (nSPS) is 19.2. The lowest BCUT2D eigenvalue weighted by Gasteiger charge is -2.19. The Balaban J connectivity index is 2.30. The number of ether oxygens (including phenoxy) is 2. The smallest absolute Gasteiger partial charge is 0.162 e.